The number of aromatic nitrogens is 2. The van der Waals surface area contributed by atoms with Crippen molar-refractivity contribution in [1.82, 2.24) is 15.3 Å². The lowest BCUT2D eigenvalue weighted by molar-refractivity contribution is -0.121. The van der Waals surface area contributed by atoms with E-state index < -0.39 is 0 Å². The number of nitrogens with zero attached hydrogens (tertiary/aromatic N) is 2. The van der Waals surface area contributed by atoms with E-state index in [0.29, 0.717) is 19.4 Å². The lowest BCUT2D eigenvalue weighted by Crippen LogP contribution is -2.25. The van der Waals surface area contributed by atoms with Crippen LogP contribution < -0.4 is 5.32 Å². The average Bonchev–Trinajstić information content (AvgIpc) is 3.11. The summed E-state index contributed by atoms with van der Waals surface area (Å²) in [5, 5.41) is 6.64. The van der Waals surface area contributed by atoms with E-state index >= 15 is 0 Å². The number of pyridine rings is 1. The molecule has 0 aliphatic rings. The molecule has 0 aliphatic carbocycles. The summed E-state index contributed by atoms with van der Waals surface area (Å²) in [4.78, 5) is 20.6. The van der Waals surface area contributed by atoms with Crippen LogP contribution >= 0.6 is 22.9 Å². The number of hydrogen-bond acceptors (Lipinski definition) is 4. The molecule has 1 aromatic carbocycles. The Morgan fingerprint density at radius 2 is 2.00 bits per heavy atom. The molecule has 6 heteroatoms. The highest BCUT2D eigenvalue weighted by Gasteiger charge is 2.07. The molecule has 3 rings (SSSR count). The largest absolute Gasteiger partial charge is 0.356 e. The predicted molar refractivity (Wildman–Crippen MR) is 102 cm³/mol. The fourth-order valence-electron chi connectivity index (χ4n) is 2.38. The lowest BCUT2D eigenvalue weighted by Gasteiger charge is -2.05. The van der Waals surface area contributed by atoms with E-state index in [1.54, 1.807) is 23.7 Å². The minimum atomic E-state index is 0.0482. The van der Waals surface area contributed by atoms with Crippen molar-refractivity contribution < 1.29 is 4.79 Å². The number of nitrogens with one attached hydrogen (secondary N) is 1. The fraction of sp³-hybridized carbons (Fsp3) is 0.211. The molecule has 25 heavy (non-hydrogen) atoms. The van der Waals surface area contributed by atoms with Gasteiger partial charge in [0.25, 0.3) is 0 Å². The van der Waals surface area contributed by atoms with Gasteiger partial charge in [0.1, 0.15) is 0 Å². The van der Waals surface area contributed by atoms with Crippen molar-refractivity contribution in [1.29, 1.82) is 0 Å². The van der Waals surface area contributed by atoms with E-state index in [-0.39, 0.29) is 5.91 Å². The van der Waals surface area contributed by atoms with Gasteiger partial charge in [0.2, 0.25) is 5.91 Å². The van der Waals surface area contributed by atoms with Crippen LogP contribution in [0.3, 0.4) is 0 Å². The first-order valence-corrected chi connectivity index (χ1v) is 9.32. The Hall–Kier alpha value is -2.24. The van der Waals surface area contributed by atoms with Crippen molar-refractivity contribution in [3.8, 4) is 11.3 Å². The number of rotatable bonds is 7. The van der Waals surface area contributed by atoms with Gasteiger partial charge in [0, 0.05) is 47.7 Å². The molecule has 4 nitrogen and oxygen atoms in total. The van der Waals surface area contributed by atoms with Gasteiger partial charge in [-0.3, -0.25) is 9.78 Å². The molecular weight excluding hydrogens is 354 g/mol. The zero-order chi connectivity index (χ0) is 17.5. The third-order valence-electron chi connectivity index (χ3n) is 3.72. The van der Waals surface area contributed by atoms with Gasteiger partial charge in [-0.15, -0.1) is 11.3 Å². The van der Waals surface area contributed by atoms with Crippen LogP contribution in [0.1, 0.15) is 17.0 Å². The number of carbonyl (C=O) groups excluding carboxylic acids is 1. The van der Waals surface area contributed by atoms with Gasteiger partial charge in [0.05, 0.1) is 10.7 Å². The molecule has 0 radical (unpaired) electrons. The van der Waals surface area contributed by atoms with E-state index in [0.717, 1.165) is 33.3 Å². The summed E-state index contributed by atoms with van der Waals surface area (Å²) in [5.41, 5.74) is 3.07. The second kappa shape index (κ2) is 8.74. The van der Waals surface area contributed by atoms with Gasteiger partial charge in [-0.2, -0.15) is 0 Å². The topological polar surface area (TPSA) is 54.9 Å². The summed E-state index contributed by atoms with van der Waals surface area (Å²) >= 11 is 7.44. The minimum absolute atomic E-state index is 0.0482. The van der Waals surface area contributed by atoms with Crippen LogP contribution in [0.5, 0.6) is 0 Å². The van der Waals surface area contributed by atoms with E-state index in [4.69, 9.17) is 11.6 Å². The molecule has 1 N–H and O–H groups in total. The summed E-state index contributed by atoms with van der Waals surface area (Å²) in [7, 11) is 0. The van der Waals surface area contributed by atoms with Crippen LogP contribution in [0.15, 0.2) is 54.2 Å². The zero-order valence-corrected chi connectivity index (χ0v) is 15.2. The van der Waals surface area contributed by atoms with Crippen LogP contribution in [0.25, 0.3) is 11.3 Å². The quantitative estimate of drug-likeness (QED) is 0.678. The number of hydrogen-bond donors (Lipinski definition) is 1. The molecule has 2 aromatic heterocycles. The lowest BCUT2D eigenvalue weighted by atomic mass is 10.1. The molecule has 3 aromatic rings. The molecule has 0 saturated heterocycles. The number of thiazole rings is 1. The maximum absolute atomic E-state index is 12.0. The molecular formula is C19H18ClN3OS. The second-order valence-corrected chi connectivity index (χ2v) is 6.97. The van der Waals surface area contributed by atoms with Gasteiger partial charge in [-0.1, -0.05) is 23.7 Å². The van der Waals surface area contributed by atoms with Crippen molar-refractivity contribution in [3.63, 3.8) is 0 Å². The van der Waals surface area contributed by atoms with Crippen LogP contribution in [0.2, 0.25) is 5.02 Å². The van der Waals surface area contributed by atoms with E-state index in [1.165, 1.54) is 0 Å². The summed E-state index contributed by atoms with van der Waals surface area (Å²) in [6.07, 6.45) is 5.43. The van der Waals surface area contributed by atoms with Crippen molar-refractivity contribution >= 4 is 28.8 Å². The Balaban J connectivity index is 1.42. The summed E-state index contributed by atoms with van der Waals surface area (Å²) in [5.74, 6) is 0.0482. The summed E-state index contributed by atoms with van der Waals surface area (Å²) in [6, 6.07) is 11.5. The first-order valence-electron chi connectivity index (χ1n) is 8.06. The minimum Gasteiger partial charge on any atom is -0.356 e. The zero-order valence-electron chi connectivity index (χ0n) is 13.6. The summed E-state index contributed by atoms with van der Waals surface area (Å²) < 4.78 is 0. The first kappa shape index (κ1) is 17.6. The number of amides is 1. The third-order valence-corrected chi connectivity index (χ3v) is 4.88. The summed E-state index contributed by atoms with van der Waals surface area (Å²) in [6.45, 7) is 0.624. The molecule has 0 saturated carbocycles. The molecule has 0 bridgehead atoms. The Morgan fingerprint density at radius 3 is 2.76 bits per heavy atom. The van der Waals surface area contributed by atoms with Crippen molar-refractivity contribution in [3.05, 3.63) is 69.8 Å². The van der Waals surface area contributed by atoms with Gasteiger partial charge < -0.3 is 5.32 Å². The van der Waals surface area contributed by atoms with Crippen molar-refractivity contribution in [2.45, 2.75) is 19.3 Å². The maximum atomic E-state index is 12.0. The molecule has 0 atom stereocenters. The average molecular weight is 372 g/mol. The highest BCUT2D eigenvalue weighted by Crippen LogP contribution is 2.21. The Bertz CT molecular complexity index is 818. The number of carbonyl (C=O) groups is 1. The maximum Gasteiger partial charge on any atom is 0.220 e. The number of benzene rings is 1. The molecule has 0 unspecified atom stereocenters. The van der Waals surface area contributed by atoms with Crippen LogP contribution in [-0.4, -0.2) is 22.4 Å². The van der Waals surface area contributed by atoms with Crippen molar-refractivity contribution in [2.24, 2.45) is 0 Å². The predicted octanol–water partition coefficient (Wildman–Crippen LogP) is 4.15. The van der Waals surface area contributed by atoms with Crippen LogP contribution in [0.4, 0.5) is 0 Å². The van der Waals surface area contributed by atoms with E-state index in [9.17, 15) is 4.79 Å². The van der Waals surface area contributed by atoms with Crippen molar-refractivity contribution in [2.75, 3.05) is 6.54 Å². The highest BCUT2D eigenvalue weighted by molar-refractivity contribution is 7.09. The molecule has 0 spiro atoms. The van der Waals surface area contributed by atoms with Gasteiger partial charge in [-0.05, 0) is 36.2 Å². The van der Waals surface area contributed by atoms with Crippen LogP contribution in [-0.2, 0) is 17.6 Å². The van der Waals surface area contributed by atoms with Gasteiger partial charge >= 0.3 is 0 Å². The molecule has 128 valence electrons. The Morgan fingerprint density at radius 1 is 1.16 bits per heavy atom. The van der Waals surface area contributed by atoms with E-state index in [1.807, 2.05) is 41.8 Å². The van der Waals surface area contributed by atoms with Gasteiger partial charge in [0.15, 0.2) is 0 Å². The normalized spacial score (nSPS) is 10.6. The third kappa shape index (κ3) is 5.37. The van der Waals surface area contributed by atoms with E-state index in [2.05, 4.69) is 15.3 Å². The highest BCUT2D eigenvalue weighted by atomic mass is 35.5. The molecule has 2 heterocycles. The van der Waals surface area contributed by atoms with Gasteiger partial charge in [-0.25, -0.2) is 4.98 Å². The monoisotopic (exact) mass is 371 g/mol. The smallest absolute Gasteiger partial charge is 0.220 e. The standard InChI is InChI=1S/C19H18ClN3OS/c20-16-5-3-14(4-6-16)9-11-22-18(24)7-8-19-23-17(13-25-19)15-2-1-10-21-12-15/h1-6,10,12-13H,7-9,11H2,(H,22,24). The molecule has 0 aliphatic heterocycles. The first-order chi connectivity index (χ1) is 12.2. The number of aryl methyl sites for hydroxylation is 1. The molecule has 1 amide bonds. The Labute approximate surface area is 155 Å². The Kier molecular flexibility index (Phi) is 6.14. The van der Waals surface area contributed by atoms with Crippen LogP contribution in [0, 0.1) is 0 Å². The molecule has 0 fully saturated rings. The number of halogens is 1. The second-order valence-electron chi connectivity index (χ2n) is 5.59. The fourth-order valence-corrected chi connectivity index (χ4v) is 3.31. The SMILES string of the molecule is O=C(CCc1nc(-c2cccnc2)cs1)NCCc1ccc(Cl)cc1.